The minimum Gasteiger partial charge on any atom is -0.455 e. The number of ether oxygens (including phenoxy) is 1. The van der Waals surface area contributed by atoms with E-state index in [9.17, 15) is 26.4 Å². The zero-order valence-corrected chi connectivity index (χ0v) is 16.2. The maximum atomic E-state index is 12.7. The molecule has 0 fully saturated rings. The van der Waals surface area contributed by atoms with E-state index in [0.29, 0.717) is 0 Å². The van der Waals surface area contributed by atoms with Crippen LogP contribution >= 0.6 is 0 Å². The van der Waals surface area contributed by atoms with Crippen LogP contribution in [0.4, 0.5) is 0 Å². The molecule has 154 valence electrons. The number of carbonyl (C=O) groups excluding carboxylic acids is 2. The predicted molar refractivity (Wildman–Crippen MR) is 96.3 cm³/mol. The Morgan fingerprint density at radius 2 is 1.76 bits per heavy atom. The van der Waals surface area contributed by atoms with E-state index < -0.39 is 49.0 Å². The first-order valence-electron chi connectivity index (χ1n) is 7.97. The monoisotopic (exact) mass is 441 g/mol. The highest BCUT2D eigenvalue weighted by Gasteiger charge is 2.33. The van der Waals surface area contributed by atoms with Crippen molar-refractivity contribution in [2.24, 2.45) is 5.73 Å². The fourth-order valence-electron chi connectivity index (χ4n) is 2.67. The molecule has 0 radical (unpaired) electrons. The van der Waals surface area contributed by atoms with Crippen LogP contribution < -0.4 is 20.7 Å². The first-order chi connectivity index (χ1) is 13.6. The van der Waals surface area contributed by atoms with E-state index in [1.807, 2.05) is 4.72 Å². The summed E-state index contributed by atoms with van der Waals surface area (Å²) in [6.45, 7) is 0. The molecular weight excluding hydrogens is 426 g/mol. The summed E-state index contributed by atoms with van der Waals surface area (Å²) in [4.78, 5) is 22.0. The summed E-state index contributed by atoms with van der Waals surface area (Å²) in [7, 11) is -8.33. The highest BCUT2D eigenvalue weighted by molar-refractivity contribution is 7.91. The molecule has 1 atom stereocenters. The maximum Gasteiger partial charge on any atom is 0.262 e. The molecule has 13 heteroatoms. The summed E-state index contributed by atoms with van der Waals surface area (Å²) >= 11 is 0. The number of hydrogen-bond donors (Lipinski definition) is 4. The van der Waals surface area contributed by atoms with Crippen LogP contribution in [0.25, 0.3) is 0 Å². The number of fused-ring (bicyclic) bond motifs is 2. The molecule has 0 spiro atoms. The lowest BCUT2D eigenvalue weighted by molar-refractivity contribution is -0.133. The highest BCUT2D eigenvalue weighted by Crippen LogP contribution is 2.43. The molecule has 1 heterocycles. The van der Waals surface area contributed by atoms with Gasteiger partial charge in [-0.25, -0.2) is 22.3 Å². The van der Waals surface area contributed by atoms with E-state index in [0.717, 1.165) is 18.2 Å². The third kappa shape index (κ3) is 3.93. The zero-order valence-electron chi connectivity index (χ0n) is 14.5. The Balaban J connectivity index is 2.00. The molecule has 29 heavy (non-hydrogen) atoms. The number of carbonyl (C=O) groups is 2. The van der Waals surface area contributed by atoms with E-state index in [1.165, 1.54) is 23.7 Å². The van der Waals surface area contributed by atoms with Crippen molar-refractivity contribution in [3.8, 4) is 11.5 Å². The van der Waals surface area contributed by atoms with Crippen LogP contribution in [0, 0.1) is 0 Å². The van der Waals surface area contributed by atoms with Gasteiger partial charge in [0.15, 0.2) is 0 Å². The lowest BCUT2D eigenvalue weighted by Gasteiger charge is -2.21. The molecule has 5 N–H and O–H groups in total. The van der Waals surface area contributed by atoms with Gasteiger partial charge in [-0.2, -0.15) is 4.72 Å². The first kappa shape index (κ1) is 20.7. The molecule has 2 aromatic rings. The second-order valence-corrected chi connectivity index (χ2v) is 9.58. The third-order valence-corrected chi connectivity index (χ3v) is 7.30. The summed E-state index contributed by atoms with van der Waals surface area (Å²) < 4.78 is 58.1. The molecule has 2 aromatic carbocycles. The Labute approximate surface area is 165 Å². The number of hydroxylamine groups is 1. The number of amides is 2. The smallest absolute Gasteiger partial charge is 0.262 e. The second kappa shape index (κ2) is 7.44. The lowest BCUT2D eigenvalue weighted by atomic mass is 10.2. The Kier molecular flexibility index (Phi) is 5.32. The van der Waals surface area contributed by atoms with Crippen molar-refractivity contribution < 1.29 is 36.4 Å². The Bertz CT molecular complexity index is 1210. The molecule has 1 aliphatic heterocycles. The maximum absolute atomic E-state index is 12.7. The first-order valence-corrected chi connectivity index (χ1v) is 10.9. The van der Waals surface area contributed by atoms with E-state index in [-0.39, 0.29) is 21.3 Å². The third-order valence-electron chi connectivity index (χ3n) is 4.00. The zero-order chi connectivity index (χ0) is 21.4. The van der Waals surface area contributed by atoms with Crippen molar-refractivity contribution in [1.29, 1.82) is 0 Å². The van der Waals surface area contributed by atoms with Gasteiger partial charge in [-0.1, -0.05) is 12.1 Å². The molecule has 0 unspecified atom stereocenters. The average Bonchev–Trinajstić information content (AvgIpc) is 2.66. The van der Waals surface area contributed by atoms with Gasteiger partial charge in [0.1, 0.15) is 27.3 Å². The standard InChI is InChI=1S/C16H15N3O8S2/c17-15(20)8-10(16(21)18-22)19-29(25,26)9-5-6-14-12(7-9)27-11-3-1-2-4-13(11)28(14,23)24/h1-7,10,19,22H,8H2,(H2,17,20)(H,18,21)/t10-/m0/s1. The van der Waals surface area contributed by atoms with Crippen molar-refractivity contribution in [1.82, 2.24) is 10.2 Å². The van der Waals surface area contributed by atoms with Gasteiger partial charge in [0.05, 0.1) is 11.3 Å². The Hall–Kier alpha value is -3.00. The van der Waals surface area contributed by atoms with Crippen LogP contribution in [0.1, 0.15) is 6.42 Å². The van der Waals surface area contributed by atoms with Crippen LogP contribution in [0.3, 0.4) is 0 Å². The van der Waals surface area contributed by atoms with Gasteiger partial charge in [-0.05, 0) is 24.3 Å². The van der Waals surface area contributed by atoms with Gasteiger partial charge >= 0.3 is 0 Å². The summed E-state index contributed by atoms with van der Waals surface area (Å²) in [6, 6.07) is 7.24. The number of benzene rings is 2. The number of primary amides is 1. The van der Waals surface area contributed by atoms with Crippen molar-refractivity contribution in [3.05, 3.63) is 42.5 Å². The van der Waals surface area contributed by atoms with E-state index in [1.54, 1.807) is 6.07 Å². The minimum atomic E-state index is -4.41. The number of sulfonamides is 1. The van der Waals surface area contributed by atoms with Gasteiger partial charge in [0.2, 0.25) is 25.8 Å². The molecule has 0 bridgehead atoms. The van der Waals surface area contributed by atoms with Crippen LogP contribution in [0.5, 0.6) is 11.5 Å². The number of hydrogen-bond acceptors (Lipinski definition) is 8. The van der Waals surface area contributed by atoms with Crippen LogP contribution in [0.15, 0.2) is 57.2 Å². The molecule has 0 aromatic heterocycles. The SMILES string of the molecule is NC(=O)C[C@H](NS(=O)(=O)c1ccc2c(c1)Oc1ccccc1S2(=O)=O)C(=O)NO. The molecular formula is C16H15N3O8S2. The van der Waals surface area contributed by atoms with Gasteiger partial charge in [-0.3, -0.25) is 14.8 Å². The lowest BCUT2D eigenvalue weighted by Crippen LogP contribution is -2.47. The molecule has 0 saturated carbocycles. The molecule has 11 nitrogen and oxygen atoms in total. The van der Waals surface area contributed by atoms with Crippen molar-refractivity contribution in [2.75, 3.05) is 0 Å². The predicted octanol–water partition coefficient (Wildman–Crippen LogP) is -0.347. The number of nitrogens with one attached hydrogen (secondary N) is 2. The number of nitrogens with two attached hydrogens (primary N) is 1. The Morgan fingerprint density at radius 1 is 1.10 bits per heavy atom. The van der Waals surface area contributed by atoms with Crippen LogP contribution in [-0.2, 0) is 29.4 Å². The topological polar surface area (TPSA) is 182 Å². The second-order valence-electron chi connectivity index (χ2n) is 5.98. The van der Waals surface area contributed by atoms with Gasteiger partial charge in [0, 0.05) is 6.07 Å². The number of para-hydroxylation sites is 1. The van der Waals surface area contributed by atoms with Crippen molar-refractivity contribution in [2.45, 2.75) is 27.1 Å². The summed E-state index contributed by atoms with van der Waals surface area (Å²) in [5.41, 5.74) is 6.23. The minimum absolute atomic E-state index is 0.0359. The molecule has 1 aliphatic rings. The molecule has 0 saturated heterocycles. The Morgan fingerprint density at radius 3 is 2.41 bits per heavy atom. The molecule has 2 amide bonds. The summed E-state index contributed by atoms with van der Waals surface area (Å²) in [5.74, 6) is -2.37. The average molecular weight is 441 g/mol. The fraction of sp³-hybridized carbons (Fsp3) is 0.125. The van der Waals surface area contributed by atoms with Gasteiger partial charge in [0.25, 0.3) is 5.91 Å². The highest BCUT2D eigenvalue weighted by atomic mass is 32.2. The normalized spacial score (nSPS) is 15.3. The van der Waals surface area contributed by atoms with Crippen molar-refractivity contribution in [3.63, 3.8) is 0 Å². The molecule has 0 aliphatic carbocycles. The van der Waals surface area contributed by atoms with Crippen LogP contribution in [0.2, 0.25) is 0 Å². The number of rotatable bonds is 6. The van der Waals surface area contributed by atoms with E-state index in [2.05, 4.69) is 0 Å². The largest absolute Gasteiger partial charge is 0.455 e. The van der Waals surface area contributed by atoms with Crippen LogP contribution in [-0.4, -0.2) is 39.9 Å². The summed E-state index contributed by atoms with van der Waals surface area (Å²) in [6.07, 6.45) is -0.713. The van der Waals surface area contributed by atoms with Gasteiger partial charge < -0.3 is 10.5 Å². The van der Waals surface area contributed by atoms with E-state index in [4.69, 9.17) is 15.7 Å². The fourth-order valence-corrected chi connectivity index (χ4v) is 5.37. The molecule has 3 rings (SSSR count). The van der Waals surface area contributed by atoms with E-state index >= 15 is 0 Å². The van der Waals surface area contributed by atoms with Gasteiger partial charge in [-0.15, -0.1) is 0 Å². The quantitative estimate of drug-likeness (QED) is 0.296. The summed E-state index contributed by atoms with van der Waals surface area (Å²) in [5, 5.41) is 8.72. The number of sulfone groups is 1. The van der Waals surface area contributed by atoms with Crippen molar-refractivity contribution >= 4 is 31.7 Å².